The molecule has 0 radical (unpaired) electrons. The van der Waals surface area contributed by atoms with E-state index < -0.39 is 50.5 Å². The molecule has 0 saturated heterocycles. The molecule has 1 unspecified atom stereocenters. The molecular weight excluding hydrogens is 540 g/mol. The van der Waals surface area contributed by atoms with Gasteiger partial charge in [-0.05, 0) is 36.2 Å². The Balaban J connectivity index is 1.63. The van der Waals surface area contributed by atoms with Crippen molar-refractivity contribution < 1.29 is 48.2 Å². The number of nitrogens with zero attached hydrogens (tertiary/aromatic N) is 1. The predicted molar refractivity (Wildman–Crippen MR) is 115 cm³/mol. The van der Waals surface area contributed by atoms with E-state index in [-0.39, 0.29) is 40.6 Å². The Labute approximate surface area is 202 Å². The Morgan fingerprint density at radius 2 is 1.67 bits per heavy atom. The van der Waals surface area contributed by atoms with Crippen LogP contribution in [0, 0.1) is 0 Å². The Hall–Kier alpha value is -2.98. The number of hydrogen-bond donors (Lipinski definition) is 2. The molecule has 0 aliphatic carbocycles. The second-order valence-corrected chi connectivity index (χ2v) is 10.4. The molecule has 8 nitrogen and oxygen atoms in total. The van der Waals surface area contributed by atoms with Gasteiger partial charge in [-0.2, -0.15) is 26.3 Å². The van der Waals surface area contributed by atoms with E-state index in [0.717, 1.165) is 12.1 Å². The summed E-state index contributed by atoms with van der Waals surface area (Å²) in [5, 5.41) is 2.14. The number of rotatable bonds is 9. The van der Waals surface area contributed by atoms with Crippen molar-refractivity contribution in [2.24, 2.45) is 0 Å². The van der Waals surface area contributed by atoms with Crippen LogP contribution < -0.4 is 10.0 Å². The molecule has 1 heterocycles. The number of aromatic nitrogens is 1. The fourth-order valence-electron chi connectivity index (χ4n) is 2.88. The van der Waals surface area contributed by atoms with Crippen LogP contribution in [0.3, 0.4) is 0 Å². The number of para-hydroxylation sites is 1. The number of sulfonamides is 1. The van der Waals surface area contributed by atoms with Crippen molar-refractivity contribution in [2.75, 3.05) is 13.1 Å². The van der Waals surface area contributed by atoms with Crippen molar-refractivity contribution in [3.05, 3.63) is 59.2 Å². The zero-order valence-corrected chi connectivity index (χ0v) is 19.6. The summed E-state index contributed by atoms with van der Waals surface area (Å²) < 4.78 is 116. The van der Waals surface area contributed by atoms with Crippen molar-refractivity contribution in [1.82, 2.24) is 15.0 Å². The lowest BCUT2D eigenvalue weighted by atomic mass is 10.1. The van der Waals surface area contributed by atoms with E-state index in [2.05, 4.69) is 10.3 Å². The number of hydrogen-bond acceptors (Lipinski definition) is 6. The number of carbonyl (C=O) groups is 1. The van der Waals surface area contributed by atoms with Crippen LogP contribution in [0.5, 0.6) is 0 Å². The third-order valence-electron chi connectivity index (χ3n) is 4.65. The van der Waals surface area contributed by atoms with Crippen molar-refractivity contribution in [3.8, 4) is 0 Å². The highest BCUT2D eigenvalue weighted by Crippen LogP contribution is 2.29. The lowest BCUT2D eigenvalue weighted by Crippen LogP contribution is -2.38. The number of nitrogens with one attached hydrogen (secondary N) is 2. The number of carbonyl (C=O) groups excluding carboxylic acids is 1. The van der Waals surface area contributed by atoms with Crippen LogP contribution in [-0.4, -0.2) is 42.1 Å². The fourth-order valence-corrected chi connectivity index (χ4v) is 4.45. The number of amides is 1. The van der Waals surface area contributed by atoms with Crippen LogP contribution >= 0.6 is 0 Å². The Morgan fingerprint density at radius 3 is 2.28 bits per heavy atom. The quantitative estimate of drug-likeness (QED) is 0.306. The van der Waals surface area contributed by atoms with Crippen molar-refractivity contribution in [2.45, 2.75) is 29.1 Å². The second kappa shape index (κ2) is 10.6. The highest BCUT2D eigenvalue weighted by molar-refractivity contribution is 7.90. The van der Waals surface area contributed by atoms with Gasteiger partial charge in [-0.3, -0.25) is 4.79 Å². The SMILES string of the molecule is O=C(NCCCNS(=O)(=O)C(F)(F)F)c1cccc2nc(S(=O)Cc3ccc(C(F)(F)F)cc3)oc12. The molecule has 1 amide bonds. The molecule has 0 aliphatic heterocycles. The van der Waals surface area contributed by atoms with E-state index in [9.17, 15) is 43.8 Å². The lowest BCUT2D eigenvalue weighted by Gasteiger charge is -2.09. The first-order chi connectivity index (χ1) is 16.7. The molecule has 0 spiro atoms. The number of halogens is 6. The second-order valence-electron chi connectivity index (χ2n) is 7.27. The van der Waals surface area contributed by atoms with Gasteiger partial charge < -0.3 is 9.73 Å². The number of oxazole rings is 1. The zero-order chi connectivity index (χ0) is 26.7. The Morgan fingerprint density at radius 1 is 1.00 bits per heavy atom. The average molecular weight is 557 g/mol. The first-order valence-electron chi connectivity index (χ1n) is 9.97. The maximum Gasteiger partial charge on any atom is 0.511 e. The maximum atomic E-state index is 12.7. The van der Waals surface area contributed by atoms with E-state index in [1.165, 1.54) is 35.1 Å². The molecule has 2 aromatic carbocycles. The molecule has 0 aliphatic rings. The highest BCUT2D eigenvalue weighted by atomic mass is 32.2. The largest absolute Gasteiger partial charge is 0.511 e. The molecule has 196 valence electrons. The molecule has 0 fully saturated rings. The standard InChI is InChI=1S/C20H17F6N3O5S2/c21-19(22,23)13-7-5-12(6-8-13)11-35(31)18-29-15-4-1-3-14(16(15)34-18)17(30)27-9-2-10-28-36(32,33)20(24,25)26/h1,3-8,28H,2,9-11H2,(H,27,30). The molecule has 0 saturated carbocycles. The maximum absolute atomic E-state index is 12.7. The molecule has 16 heteroatoms. The van der Waals surface area contributed by atoms with Crippen LogP contribution in [0.1, 0.15) is 27.9 Å². The summed E-state index contributed by atoms with van der Waals surface area (Å²) in [5.74, 6) is -0.893. The molecule has 3 aromatic rings. The molecular formula is C20H17F6N3O5S2. The smallest absolute Gasteiger partial charge is 0.429 e. The summed E-state index contributed by atoms with van der Waals surface area (Å²) in [6.45, 7) is -0.738. The van der Waals surface area contributed by atoms with Gasteiger partial charge in [0.05, 0.1) is 16.9 Å². The molecule has 1 atom stereocenters. The van der Waals surface area contributed by atoms with Gasteiger partial charge in [-0.15, -0.1) is 0 Å². The van der Waals surface area contributed by atoms with E-state index in [4.69, 9.17) is 4.42 Å². The summed E-state index contributed by atoms with van der Waals surface area (Å²) >= 11 is 0. The minimum atomic E-state index is -5.48. The van der Waals surface area contributed by atoms with E-state index in [1.807, 2.05) is 0 Å². The molecule has 0 bridgehead atoms. The van der Waals surface area contributed by atoms with Gasteiger partial charge in [-0.1, -0.05) is 18.2 Å². The van der Waals surface area contributed by atoms with Gasteiger partial charge in [0.1, 0.15) is 16.3 Å². The fraction of sp³-hybridized carbons (Fsp3) is 0.300. The van der Waals surface area contributed by atoms with Crippen molar-refractivity contribution >= 4 is 37.8 Å². The summed E-state index contributed by atoms with van der Waals surface area (Å²) in [4.78, 5) is 16.5. The normalized spacial score (nSPS) is 13.6. The van der Waals surface area contributed by atoms with Gasteiger partial charge in [0.2, 0.25) is 0 Å². The van der Waals surface area contributed by atoms with Gasteiger partial charge in [0, 0.05) is 13.1 Å². The Bertz CT molecular complexity index is 1370. The minimum absolute atomic E-state index is 0.0198. The predicted octanol–water partition coefficient (Wildman–Crippen LogP) is 3.71. The highest BCUT2D eigenvalue weighted by Gasteiger charge is 2.45. The van der Waals surface area contributed by atoms with Gasteiger partial charge in [0.25, 0.3) is 11.1 Å². The zero-order valence-electron chi connectivity index (χ0n) is 17.9. The lowest BCUT2D eigenvalue weighted by molar-refractivity contribution is -0.137. The molecule has 36 heavy (non-hydrogen) atoms. The van der Waals surface area contributed by atoms with Crippen LogP contribution in [0.15, 0.2) is 52.1 Å². The van der Waals surface area contributed by atoms with E-state index in [0.29, 0.717) is 5.56 Å². The monoisotopic (exact) mass is 557 g/mol. The molecule has 2 N–H and O–H groups in total. The minimum Gasteiger partial charge on any atom is -0.429 e. The summed E-state index contributed by atoms with van der Waals surface area (Å²) in [6.07, 6.45) is -4.65. The summed E-state index contributed by atoms with van der Waals surface area (Å²) in [5.41, 5.74) is -5.83. The first-order valence-corrected chi connectivity index (χ1v) is 12.8. The van der Waals surface area contributed by atoms with E-state index >= 15 is 0 Å². The topological polar surface area (TPSA) is 118 Å². The summed E-state index contributed by atoms with van der Waals surface area (Å²) in [7, 11) is -7.37. The third-order valence-corrected chi connectivity index (χ3v) is 7.00. The number of benzene rings is 2. The van der Waals surface area contributed by atoms with Crippen LogP contribution in [-0.2, 0) is 32.8 Å². The molecule has 1 aromatic heterocycles. The molecule has 3 rings (SSSR count). The number of alkyl halides is 6. The van der Waals surface area contributed by atoms with Gasteiger partial charge in [0.15, 0.2) is 5.58 Å². The van der Waals surface area contributed by atoms with Crippen LogP contribution in [0.2, 0.25) is 0 Å². The van der Waals surface area contributed by atoms with Gasteiger partial charge in [-0.25, -0.2) is 22.3 Å². The van der Waals surface area contributed by atoms with Crippen LogP contribution in [0.25, 0.3) is 11.1 Å². The van der Waals surface area contributed by atoms with Gasteiger partial charge >= 0.3 is 21.7 Å². The van der Waals surface area contributed by atoms with Crippen LogP contribution in [0.4, 0.5) is 26.3 Å². The van der Waals surface area contributed by atoms with Crippen molar-refractivity contribution in [3.63, 3.8) is 0 Å². The average Bonchev–Trinajstić information content (AvgIpc) is 3.22. The Kier molecular flexibility index (Phi) is 8.10. The third kappa shape index (κ3) is 6.61. The number of fused-ring (bicyclic) bond motifs is 1. The summed E-state index contributed by atoms with van der Waals surface area (Å²) in [6, 6.07) is 8.36. The first kappa shape index (κ1) is 27.6. The van der Waals surface area contributed by atoms with Crippen molar-refractivity contribution in [1.29, 1.82) is 0 Å². The van der Waals surface area contributed by atoms with E-state index in [1.54, 1.807) is 0 Å².